The molecule has 0 fully saturated rings. The van der Waals surface area contributed by atoms with Crippen LogP contribution in [0.4, 0.5) is 5.69 Å². The van der Waals surface area contributed by atoms with Gasteiger partial charge in [-0.25, -0.2) is 9.59 Å². The SMILES string of the molecule is COC(=O)C1=C(O)NC(C)=C(C(=O)OCCc2cccs2)C1c1cccc([N+](=O)[O-])c1. The standard InChI is InChI=1S/C21H20N2O7S/c1-12-16(21(26)30-9-8-15-7-4-10-31-15)17(18(19(24)22-12)20(25)29-2)13-5-3-6-14(11-13)23(27)28/h3-7,10-11,17,22,24H,8-9H2,1-2H3. The highest BCUT2D eigenvalue weighted by Gasteiger charge is 2.39. The molecule has 0 aliphatic carbocycles. The lowest BCUT2D eigenvalue weighted by molar-refractivity contribution is -0.384. The van der Waals surface area contributed by atoms with Gasteiger partial charge in [-0.1, -0.05) is 18.2 Å². The third-order valence-corrected chi connectivity index (χ3v) is 5.68. The maximum absolute atomic E-state index is 13.0. The zero-order valence-electron chi connectivity index (χ0n) is 16.8. The molecule has 0 spiro atoms. The molecule has 1 aliphatic rings. The fourth-order valence-corrected chi connectivity index (χ4v) is 4.02. The number of hydrogen-bond acceptors (Lipinski definition) is 9. The number of esters is 2. The van der Waals surface area contributed by atoms with E-state index in [-0.39, 0.29) is 34.7 Å². The Morgan fingerprint density at radius 2 is 2.00 bits per heavy atom. The number of carbonyl (C=O) groups excluding carboxylic acids is 2. The van der Waals surface area contributed by atoms with Gasteiger partial charge in [0.1, 0.15) is 5.57 Å². The van der Waals surface area contributed by atoms with Crippen molar-refractivity contribution in [1.82, 2.24) is 5.32 Å². The average molecular weight is 444 g/mol. The van der Waals surface area contributed by atoms with E-state index in [1.807, 2.05) is 17.5 Å². The van der Waals surface area contributed by atoms with E-state index in [0.717, 1.165) is 12.0 Å². The maximum Gasteiger partial charge on any atom is 0.340 e. The van der Waals surface area contributed by atoms with Crippen molar-refractivity contribution in [3.8, 4) is 0 Å². The van der Waals surface area contributed by atoms with Crippen LogP contribution in [0, 0.1) is 10.1 Å². The molecule has 10 heteroatoms. The number of nitrogens with zero attached hydrogens (tertiary/aromatic N) is 1. The highest BCUT2D eigenvalue weighted by molar-refractivity contribution is 7.09. The number of rotatable bonds is 7. The zero-order valence-corrected chi connectivity index (χ0v) is 17.6. The largest absolute Gasteiger partial charge is 0.494 e. The number of thiophene rings is 1. The van der Waals surface area contributed by atoms with E-state index >= 15 is 0 Å². The number of ether oxygens (including phenoxy) is 2. The van der Waals surface area contributed by atoms with Gasteiger partial charge in [0, 0.05) is 29.1 Å². The quantitative estimate of drug-likeness (QED) is 0.378. The molecule has 0 saturated carbocycles. The minimum atomic E-state index is -1.11. The number of dihydropyridines is 1. The summed E-state index contributed by atoms with van der Waals surface area (Å²) >= 11 is 1.54. The second kappa shape index (κ2) is 9.43. The van der Waals surface area contributed by atoms with Crippen molar-refractivity contribution in [2.24, 2.45) is 0 Å². The van der Waals surface area contributed by atoms with Gasteiger partial charge in [-0.2, -0.15) is 0 Å². The number of carbonyl (C=O) groups is 2. The Hall–Kier alpha value is -3.66. The van der Waals surface area contributed by atoms with Crippen LogP contribution in [-0.2, 0) is 25.5 Å². The Morgan fingerprint density at radius 3 is 2.65 bits per heavy atom. The van der Waals surface area contributed by atoms with Gasteiger partial charge in [0.25, 0.3) is 5.69 Å². The first-order valence-corrected chi connectivity index (χ1v) is 10.1. The van der Waals surface area contributed by atoms with E-state index in [9.17, 15) is 24.8 Å². The number of nitro groups is 1. The summed E-state index contributed by atoms with van der Waals surface area (Å²) in [6.07, 6.45) is 0.523. The van der Waals surface area contributed by atoms with Crippen molar-refractivity contribution in [3.63, 3.8) is 0 Å². The Labute approximate surface area is 181 Å². The van der Waals surface area contributed by atoms with Gasteiger partial charge in [0.05, 0.1) is 30.1 Å². The molecule has 9 nitrogen and oxygen atoms in total. The molecule has 1 aliphatic heterocycles. The van der Waals surface area contributed by atoms with E-state index in [1.165, 1.54) is 35.6 Å². The molecule has 1 aromatic carbocycles. The van der Waals surface area contributed by atoms with Crippen LogP contribution in [0.15, 0.2) is 64.5 Å². The third kappa shape index (κ3) is 4.75. The molecule has 2 aromatic rings. The molecular weight excluding hydrogens is 424 g/mol. The second-order valence-corrected chi connectivity index (χ2v) is 7.70. The van der Waals surface area contributed by atoms with Gasteiger partial charge >= 0.3 is 11.9 Å². The minimum absolute atomic E-state index is 0.0601. The fraction of sp³-hybridized carbons (Fsp3) is 0.238. The molecule has 0 radical (unpaired) electrons. The lowest BCUT2D eigenvalue weighted by Gasteiger charge is -2.28. The molecule has 1 atom stereocenters. The molecule has 0 amide bonds. The summed E-state index contributed by atoms with van der Waals surface area (Å²) in [5.74, 6) is -3.18. The van der Waals surface area contributed by atoms with Crippen molar-refractivity contribution in [2.75, 3.05) is 13.7 Å². The fourth-order valence-electron chi connectivity index (χ4n) is 3.33. The van der Waals surface area contributed by atoms with Crippen molar-refractivity contribution in [2.45, 2.75) is 19.3 Å². The Bertz CT molecular complexity index is 1070. The summed E-state index contributed by atoms with van der Waals surface area (Å²) in [7, 11) is 1.14. The third-order valence-electron chi connectivity index (χ3n) is 4.74. The van der Waals surface area contributed by atoms with E-state index in [1.54, 1.807) is 6.92 Å². The monoisotopic (exact) mass is 444 g/mol. The number of benzene rings is 1. The first-order valence-electron chi connectivity index (χ1n) is 9.26. The molecule has 31 heavy (non-hydrogen) atoms. The van der Waals surface area contributed by atoms with Crippen LogP contribution in [0.3, 0.4) is 0 Å². The van der Waals surface area contributed by atoms with Crippen LogP contribution in [0.1, 0.15) is 23.3 Å². The predicted molar refractivity (Wildman–Crippen MR) is 112 cm³/mol. The van der Waals surface area contributed by atoms with Gasteiger partial charge in [0.2, 0.25) is 0 Å². The molecule has 0 saturated heterocycles. The predicted octanol–water partition coefficient (Wildman–Crippen LogP) is 3.35. The summed E-state index contributed by atoms with van der Waals surface area (Å²) < 4.78 is 10.2. The van der Waals surface area contributed by atoms with Gasteiger partial charge in [0.15, 0.2) is 5.88 Å². The Balaban J connectivity index is 1.99. The van der Waals surface area contributed by atoms with E-state index in [4.69, 9.17) is 9.47 Å². The first-order chi connectivity index (χ1) is 14.8. The van der Waals surface area contributed by atoms with Crippen molar-refractivity contribution in [3.05, 3.63) is 85.1 Å². The van der Waals surface area contributed by atoms with Crippen molar-refractivity contribution < 1.29 is 29.1 Å². The highest BCUT2D eigenvalue weighted by Crippen LogP contribution is 2.39. The van der Waals surface area contributed by atoms with Crippen LogP contribution < -0.4 is 5.32 Å². The number of allylic oxidation sites excluding steroid dienone is 1. The number of aliphatic hydroxyl groups excluding tert-OH is 1. The number of methoxy groups -OCH3 is 1. The van der Waals surface area contributed by atoms with Crippen LogP contribution in [0.2, 0.25) is 0 Å². The maximum atomic E-state index is 13.0. The molecule has 2 heterocycles. The molecular formula is C21H20N2O7S. The number of aliphatic hydroxyl groups is 1. The van der Waals surface area contributed by atoms with Crippen molar-refractivity contribution >= 4 is 29.0 Å². The topological polar surface area (TPSA) is 128 Å². The molecule has 162 valence electrons. The average Bonchev–Trinajstić information content (AvgIpc) is 3.26. The Kier molecular flexibility index (Phi) is 6.71. The molecule has 3 rings (SSSR count). The van der Waals surface area contributed by atoms with Gasteiger partial charge in [-0.15, -0.1) is 11.3 Å². The highest BCUT2D eigenvalue weighted by atomic mass is 32.1. The summed E-state index contributed by atoms with van der Waals surface area (Å²) in [5, 5.41) is 26.2. The van der Waals surface area contributed by atoms with E-state index in [2.05, 4.69) is 5.32 Å². The molecule has 1 aromatic heterocycles. The number of nitro benzene ring substituents is 1. The Morgan fingerprint density at radius 1 is 1.23 bits per heavy atom. The number of non-ortho nitro benzene ring substituents is 1. The molecule has 2 N–H and O–H groups in total. The summed E-state index contributed by atoms with van der Waals surface area (Å²) in [6.45, 7) is 1.66. The van der Waals surface area contributed by atoms with Crippen LogP contribution >= 0.6 is 11.3 Å². The second-order valence-electron chi connectivity index (χ2n) is 6.67. The number of nitrogens with one attached hydrogen (secondary N) is 1. The van der Waals surface area contributed by atoms with E-state index < -0.39 is 28.7 Å². The van der Waals surface area contributed by atoms with Crippen LogP contribution in [0.25, 0.3) is 0 Å². The molecule has 1 unspecified atom stereocenters. The summed E-state index contributed by atoms with van der Waals surface area (Å²) in [4.78, 5) is 37.1. The van der Waals surface area contributed by atoms with Gasteiger partial charge in [-0.05, 0) is 23.9 Å². The summed E-state index contributed by atoms with van der Waals surface area (Å²) in [6, 6.07) is 9.34. The van der Waals surface area contributed by atoms with Crippen LogP contribution in [0.5, 0.6) is 0 Å². The zero-order chi connectivity index (χ0) is 22.5. The van der Waals surface area contributed by atoms with Crippen LogP contribution in [-0.4, -0.2) is 35.7 Å². The molecule has 0 bridgehead atoms. The minimum Gasteiger partial charge on any atom is -0.494 e. The lowest BCUT2D eigenvalue weighted by atomic mass is 9.81. The lowest BCUT2D eigenvalue weighted by Crippen LogP contribution is -2.33. The smallest absolute Gasteiger partial charge is 0.340 e. The normalized spacial score (nSPS) is 16.0. The summed E-state index contributed by atoms with van der Waals surface area (Å²) in [5.41, 5.74) is 0.140. The van der Waals surface area contributed by atoms with Crippen molar-refractivity contribution in [1.29, 1.82) is 0 Å². The van der Waals surface area contributed by atoms with Gasteiger partial charge < -0.3 is 19.9 Å². The van der Waals surface area contributed by atoms with Gasteiger partial charge in [-0.3, -0.25) is 10.1 Å². The first kappa shape index (κ1) is 22.0. The number of hydrogen-bond donors (Lipinski definition) is 2. The van der Waals surface area contributed by atoms with E-state index in [0.29, 0.717) is 6.42 Å².